The number of carbonyl (C=O) groups excluding carboxylic acids is 1. The summed E-state index contributed by atoms with van der Waals surface area (Å²) in [6.45, 7) is 0. The lowest BCUT2D eigenvalue weighted by Gasteiger charge is -2.17. The fourth-order valence-electron chi connectivity index (χ4n) is 2.02. The molecule has 3 N–H and O–H groups in total. The summed E-state index contributed by atoms with van der Waals surface area (Å²) in [5.74, 6) is -1.95. The van der Waals surface area contributed by atoms with E-state index in [1.54, 1.807) is 12.1 Å². The molecule has 1 atom stereocenters. The van der Waals surface area contributed by atoms with Gasteiger partial charge in [-0.3, -0.25) is 0 Å². The normalized spacial score (nSPS) is 12.2. The minimum atomic E-state index is -4.94. The van der Waals surface area contributed by atoms with Crippen LogP contribution in [0, 0.1) is 0 Å². The predicted octanol–water partition coefficient (Wildman–Crippen LogP) is 4.30. The number of amides is 2. The number of carboxylic acid groups (broad SMARTS) is 1. The molecule has 0 spiro atoms. The molecule has 0 fully saturated rings. The minimum absolute atomic E-state index is 0.262. The monoisotopic (exact) mass is 432 g/mol. The lowest BCUT2D eigenvalue weighted by molar-refractivity contribution is -0.274. The standard InChI is InChI=1S/C16H12BrF3N2O4/c17-10-7-5-9(6-8-10)13(14(23)24)22-15(25)21-11-3-1-2-4-12(11)26-16(18,19)20/h1-8,13H,(H,23,24)(H2,21,22,25). The number of nitrogens with one attached hydrogen (secondary N) is 2. The third-order valence-corrected chi connectivity index (χ3v) is 3.62. The summed E-state index contributed by atoms with van der Waals surface area (Å²) in [6.07, 6.45) is -4.94. The third kappa shape index (κ3) is 5.66. The van der Waals surface area contributed by atoms with Gasteiger partial charge in [0.15, 0.2) is 11.8 Å². The number of ether oxygens (including phenoxy) is 1. The zero-order chi connectivity index (χ0) is 19.3. The largest absolute Gasteiger partial charge is 0.573 e. The Morgan fingerprint density at radius 2 is 1.69 bits per heavy atom. The molecule has 6 nitrogen and oxygen atoms in total. The van der Waals surface area contributed by atoms with E-state index in [9.17, 15) is 27.9 Å². The second-order valence-corrected chi connectivity index (χ2v) is 5.88. The summed E-state index contributed by atoms with van der Waals surface area (Å²) in [7, 11) is 0. The number of anilines is 1. The second kappa shape index (κ2) is 8.09. The van der Waals surface area contributed by atoms with Crippen molar-refractivity contribution in [3.63, 3.8) is 0 Å². The number of carbonyl (C=O) groups is 2. The van der Waals surface area contributed by atoms with E-state index in [1.165, 1.54) is 30.3 Å². The molecule has 0 bridgehead atoms. The van der Waals surface area contributed by atoms with Crippen LogP contribution in [0.2, 0.25) is 0 Å². The Labute approximate surface area is 154 Å². The summed E-state index contributed by atoms with van der Waals surface area (Å²) in [5.41, 5.74) is 0.0259. The van der Waals surface area contributed by atoms with E-state index in [0.29, 0.717) is 4.47 Å². The van der Waals surface area contributed by atoms with Crippen LogP contribution >= 0.6 is 15.9 Å². The Morgan fingerprint density at radius 3 is 2.27 bits per heavy atom. The molecule has 10 heteroatoms. The number of urea groups is 1. The van der Waals surface area contributed by atoms with E-state index in [0.717, 1.165) is 6.07 Å². The van der Waals surface area contributed by atoms with Crippen LogP contribution in [-0.4, -0.2) is 23.5 Å². The average molecular weight is 433 g/mol. The molecule has 1 unspecified atom stereocenters. The molecule has 0 radical (unpaired) electrons. The Bertz CT molecular complexity index is 797. The van der Waals surface area contributed by atoms with Crippen LogP contribution in [0.5, 0.6) is 5.75 Å². The van der Waals surface area contributed by atoms with Crippen molar-refractivity contribution in [3.05, 3.63) is 58.6 Å². The van der Waals surface area contributed by atoms with E-state index in [2.05, 4.69) is 31.3 Å². The maximum absolute atomic E-state index is 12.4. The van der Waals surface area contributed by atoms with Crippen molar-refractivity contribution in [3.8, 4) is 5.75 Å². The summed E-state index contributed by atoms with van der Waals surface area (Å²) < 4.78 is 41.7. The second-order valence-electron chi connectivity index (χ2n) is 4.97. The van der Waals surface area contributed by atoms with Gasteiger partial charge in [0.25, 0.3) is 0 Å². The topological polar surface area (TPSA) is 87.7 Å². The smallest absolute Gasteiger partial charge is 0.479 e. The predicted molar refractivity (Wildman–Crippen MR) is 89.8 cm³/mol. The highest BCUT2D eigenvalue weighted by molar-refractivity contribution is 9.10. The average Bonchev–Trinajstić information content (AvgIpc) is 2.54. The molecule has 0 saturated carbocycles. The van der Waals surface area contributed by atoms with Gasteiger partial charge in [-0.15, -0.1) is 13.2 Å². The van der Waals surface area contributed by atoms with E-state index in [1.807, 2.05) is 0 Å². The van der Waals surface area contributed by atoms with Crippen LogP contribution < -0.4 is 15.4 Å². The van der Waals surface area contributed by atoms with Crippen LogP contribution in [0.4, 0.5) is 23.7 Å². The molecule has 2 aromatic carbocycles. The Balaban J connectivity index is 2.14. The number of para-hydroxylation sites is 2. The van der Waals surface area contributed by atoms with E-state index < -0.39 is 30.2 Å². The van der Waals surface area contributed by atoms with Crippen molar-refractivity contribution in [2.45, 2.75) is 12.4 Å². The molecule has 2 amide bonds. The number of carboxylic acids is 1. The Hall–Kier alpha value is -2.75. The van der Waals surface area contributed by atoms with Gasteiger partial charge in [0.1, 0.15) is 0 Å². The lowest BCUT2D eigenvalue weighted by atomic mass is 10.1. The van der Waals surface area contributed by atoms with Crippen molar-refractivity contribution in [2.24, 2.45) is 0 Å². The SMILES string of the molecule is O=C(Nc1ccccc1OC(F)(F)F)NC(C(=O)O)c1ccc(Br)cc1. The van der Waals surface area contributed by atoms with Crippen LogP contribution in [0.25, 0.3) is 0 Å². The molecule has 0 aliphatic heterocycles. The highest BCUT2D eigenvalue weighted by atomic mass is 79.9. The third-order valence-electron chi connectivity index (χ3n) is 3.09. The molecular weight excluding hydrogens is 421 g/mol. The maximum atomic E-state index is 12.4. The molecule has 2 aromatic rings. The number of hydrogen-bond donors (Lipinski definition) is 3. The molecule has 0 heterocycles. The van der Waals surface area contributed by atoms with Gasteiger partial charge in [-0.05, 0) is 29.8 Å². The molecule has 0 saturated heterocycles. The van der Waals surface area contributed by atoms with Crippen molar-refractivity contribution in [2.75, 3.05) is 5.32 Å². The van der Waals surface area contributed by atoms with Gasteiger partial charge in [-0.2, -0.15) is 0 Å². The summed E-state index contributed by atoms with van der Waals surface area (Å²) in [4.78, 5) is 23.5. The van der Waals surface area contributed by atoms with Gasteiger partial charge in [-0.1, -0.05) is 40.2 Å². The quantitative estimate of drug-likeness (QED) is 0.657. The highest BCUT2D eigenvalue weighted by Gasteiger charge is 2.32. The molecule has 0 aromatic heterocycles. The molecule has 0 aliphatic carbocycles. The zero-order valence-corrected chi connectivity index (χ0v) is 14.5. The molecule has 26 heavy (non-hydrogen) atoms. The minimum Gasteiger partial charge on any atom is -0.479 e. The maximum Gasteiger partial charge on any atom is 0.573 e. The van der Waals surface area contributed by atoms with Crippen molar-refractivity contribution < 1.29 is 32.6 Å². The molecule has 2 rings (SSSR count). The van der Waals surface area contributed by atoms with Gasteiger partial charge in [-0.25, -0.2) is 9.59 Å². The van der Waals surface area contributed by atoms with Gasteiger partial charge >= 0.3 is 18.4 Å². The fourth-order valence-corrected chi connectivity index (χ4v) is 2.28. The summed E-state index contributed by atoms with van der Waals surface area (Å²) >= 11 is 3.21. The molecular formula is C16H12BrF3N2O4. The fraction of sp³-hybridized carbons (Fsp3) is 0.125. The van der Waals surface area contributed by atoms with Crippen LogP contribution in [0.3, 0.4) is 0 Å². The number of aliphatic carboxylic acids is 1. The van der Waals surface area contributed by atoms with Gasteiger partial charge in [0.2, 0.25) is 0 Å². The summed E-state index contributed by atoms with van der Waals surface area (Å²) in [6, 6.07) is 8.68. The van der Waals surface area contributed by atoms with Gasteiger partial charge < -0.3 is 20.5 Å². The van der Waals surface area contributed by atoms with Gasteiger partial charge in [0, 0.05) is 4.47 Å². The first-order valence-electron chi connectivity index (χ1n) is 7.06. The first kappa shape index (κ1) is 19.6. The number of benzene rings is 2. The number of rotatable bonds is 5. The van der Waals surface area contributed by atoms with Gasteiger partial charge in [0.05, 0.1) is 5.69 Å². The highest BCUT2D eigenvalue weighted by Crippen LogP contribution is 2.30. The molecule has 0 aliphatic rings. The van der Waals surface area contributed by atoms with E-state index in [-0.39, 0.29) is 11.3 Å². The zero-order valence-electron chi connectivity index (χ0n) is 12.9. The van der Waals surface area contributed by atoms with Crippen LogP contribution in [0.1, 0.15) is 11.6 Å². The molecule has 138 valence electrons. The Morgan fingerprint density at radius 1 is 1.08 bits per heavy atom. The number of alkyl halides is 3. The first-order chi connectivity index (χ1) is 12.2. The first-order valence-corrected chi connectivity index (χ1v) is 7.85. The summed E-state index contributed by atoms with van der Waals surface area (Å²) in [5, 5.41) is 13.6. The van der Waals surface area contributed by atoms with Crippen molar-refractivity contribution in [1.29, 1.82) is 0 Å². The Kier molecular flexibility index (Phi) is 6.09. The number of hydrogen-bond acceptors (Lipinski definition) is 3. The van der Waals surface area contributed by atoms with E-state index >= 15 is 0 Å². The lowest BCUT2D eigenvalue weighted by Crippen LogP contribution is -2.36. The van der Waals surface area contributed by atoms with Crippen molar-refractivity contribution >= 4 is 33.6 Å². The van der Waals surface area contributed by atoms with E-state index in [4.69, 9.17) is 0 Å². The van der Waals surface area contributed by atoms with Crippen LogP contribution in [0.15, 0.2) is 53.0 Å². The van der Waals surface area contributed by atoms with Crippen LogP contribution in [-0.2, 0) is 4.79 Å². The number of halogens is 4. The van der Waals surface area contributed by atoms with Crippen molar-refractivity contribution in [1.82, 2.24) is 5.32 Å².